The average molecular weight is 435 g/mol. The van der Waals surface area contributed by atoms with Crippen LogP contribution in [0.5, 0.6) is 5.75 Å². The molecule has 1 heterocycles. The Hall–Kier alpha value is -3.45. The second kappa shape index (κ2) is 9.57. The largest absolute Gasteiger partial charge is 0.494 e. The third-order valence-corrected chi connectivity index (χ3v) is 4.99. The smallest absolute Gasteiger partial charge is 0.253 e. The zero-order valence-corrected chi connectivity index (χ0v) is 18.9. The van der Waals surface area contributed by atoms with Gasteiger partial charge in [0.15, 0.2) is 0 Å². The fourth-order valence-electron chi connectivity index (χ4n) is 3.53. The Labute approximate surface area is 187 Å². The van der Waals surface area contributed by atoms with Crippen LogP contribution in [-0.2, 0) is 0 Å². The van der Waals surface area contributed by atoms with Gasteiger partial charge in [-0.2, -0.15) is 12.6 Å². The summed E-state index contributed by atoms with van der Waals surface area (Å²) in [5, 5.41) is 8.01. The van der Waals surface area contributed by atoms with Gasteiger partial charge in [-0.3, -0.25) is 4.79 Å². The number of rotatable bonds is 4. The van der Waals surface area contributed by atoms with Crippen LogP contribution < -0.4 is 21.1 Å². The quantitative estimate of drug-likeness (QED) is 0.208. The van der Waals surface area contributed by atoms with Gasteiger partial charge in [-0.15, -0.1) is 0 Å². The van der Waals surface area contributed by atoms with E-state index in [1.54, 1.807) is 32.5 Å². The number of methoxy groups -OCH3 is 1. The third kappa shape index (κ3) is 4.22. The second-order valence-electron chi connectivity index (χ2n) is 6.82. The Morgan fingerprint density at radius 1 is 1.03 bits per heavy atom. The number of thiol groups is 1. The number of nitrogens with one attached hydrogen (secondary N) is 2. The van der Waals surface area contributed by atoms with Crippen LogP contribution in [0.2, 0.25) is 0 Å². The summed E-state index contributed by atoms with van der Waals surface area (Å²) in [5.41, 5.74) is 11.2. The Morgan fingerprint density at radius 2 is 1.71 bits per heavy atom. The number of hydrogen-bond donors (Lipinski definition) is 4. The third-order valence-electron chi connectivity index (χ3n) is 4.99. The molecule has 1 aromatic heterocycles. The number of hydrogen-bond acceptors (Lipinski definition) is 6. The number of amides is 1. The molecular weight excluding hydrogens is 408 g/mol. The minimum Gasteiger partial charge on any atom is -0.494 e. The molecule has 0 aliphatic heterocycles. The summed E-state index contributed by atoms with van der Waals surface area (Å²) in [4.78, 5) is 17.3. The van der Waals surface area contributed by atoms with Crippen molar-refractivity contribution in [2.24, 2.45) is 0 Å². The number of aromatic nitrogens is 1. The summed E-state index contributed by atoms with van der Waals surface area (Å²) in [6, 6.07) is 17.1. The monoisotopic (exact) mass is 434 g/mol. The van der Waals surface area contributed by atoms with Crippen LogP contribution in [0.4, 0.5) is 17.1 Å². The van der Waals surface area contributed by atoms with E-state index >= 15 is 0 Å². The molecule has 1 amide bonds. The van der Waals surface area contributed by atoms with Crippen molar-refractivity contribution in [1.29, 1.82) is 0 Å². The van der Waals surface area contributed by atoms with Crippen LogP contribution >= 0.6 is 12.6 Å². The van der Waals surface area contributed by atoms with Gasteiger partial charge in [-0.05, 0) is 36.9 Å². The molecule has 0 aliphatic carbocycles. The van der Waals surface area contributed by atoms with Crippen molar-refractivity contribution in [1.82, 2.24) is 10.3 Å². The minimum atomic E-state index is -0.174. The van der Waals surface area contributed by atoms with Gasteiger partial charge in [0.1, 0.15) is 5.75 Å². The van der Waals surface area contributed by atoms with Crippen molar-refractivity contribution in [3.63, 3.8) is 0 Å². The molecule has 0 radical (unpaired) electrons. The first-order valence-electron chi connectivity index (χ1n) is 9.73. The number of aryl methyl sites for hydroxylation is 1. The molecule has 0 aliphatic rings. The van der Waals surface area contributed by atoms with E-state index in [-0.39, 0.29) is 5.91 Å². The highest BCUT2D eigenvalue weighted by molar-refractivity contribution is 7.79. The topological polar surface area (TPSA) is 89.3 Å². The normalized spacial score (nSPS) is 10.4. The number of ether oxygens (including phenoxy) is 1. The molecule has 3 aromatic carbocycles. The molecule has 0 saturated carbocycles. The number of pyridine rings is 1. The summed E-state index contributed by atoms with van der Waals surface area (Å²) in [7, 11) is 3.22. The van der Waals surface area contributed by atoms with Gasteiger partial charge >= 0.3 is 0 Å². The van der Waals surface area contributed by atoms with Crippen molar-refractivity contribution < 1.29 is 9.53 Å². The first-order chi connectivity index (χ1) is 15.0. The highest BCUT2D eigenvalue weighted by Crippen LogP contribution is 2.38. The molecule has 4 aromatic rings. The number of nitrogens with two attached hydrogens (primary N) is 1. The Bertz CT molecular complexity index is 1260. The zero-order chi connectivity index (χ0) is 22.5. The van der Waals surface area contributed by atoms with Crippen LogP contribution in [0.3, 0.4) is 0 Å². The Kier molecular flexibility index (Phi) is 6.87. The van der Waals surface area contributed by atoms with Gasteiger partial charge in [0, 0.05) is 29.6 Å². The van der Waals surface area contributed by atoms with Gasteiger partial charge in [-0.25, -0.2) is 4.98 Å². The molecule has 0 saturated heterocycles. The number of benzene rings is 3. The molecular formula is C24H26N4O2S. The standard InChI is InChI=1S/C23H22N4O2.CH4S/c1-13-6-4-7-15-20(13)27-22-16(8-5-9-17(22)23(28)25-2)21(15)26-18-11-10-14(24)12-19(18)29-3;1-2/h4-12H,24H2,1-3H3,(H,25,28)(H,26,27);2H,1H3. The fraction of sp³-hybridized carbons (Fsp3) is 0.167. The predicted octanol–water partition coefficient (Wildman–Crippen LogP) is 4.94. The van der Waals surface area contributed by atoms with E-state index in [9.17, 15) is 4.79 Å². The highest BCUT2D eigenvalue weighted by Gasteiger charge is 2.17. The van der Waals surface area contributed by atoms with Crippen molar-refractivity contribution in [3.05, 3.63) is 65.7 Å². The van der Waals surface area contributed by atoms with Crippen LogP contribution in [-0.4, -0.2) is 31.3 Å². The van der Waals surface area contributed by atoms with Gasteiger partial charge in [0.25, 0.3) is 5.91 Å². The average Bonchev–Trinajstić information content (AvgIpc) is 2.81. The number of anilines is 3. The maximum absolute atomic E-state index is 12.5. The maximum Gasteiger partial charge on any atom is 0.253 e. The molecule has 0 unspecified atom stereocenters. The number of carbonyl (C=O) groups excluding carboxylic acids is 1. The van der Waals surface area contributed by atoms with E-state index in [0.29, 0.717) is 22.5 Å². The number of fused-ring (bicyclic) bond motifs is 2. The fourth-order valence-corrected chi connectivity index (χ4v) is 3.53. The lowest BCUT2D eigenvalue weighted by Crippen LogP contribution is -2.18. The first kappa shape index (κ1) is 22.2. The summed E-state index contributed by atoms with van der Waals surface area (Å²) in [6.07, 6.45) is 1.69. The number of carbonyl (C=O) groups is 1. The molecule has 0 bridgehead atoms. The maximum atomic E-state index is 12.5. The molecule has 160 valence electrons. The second-order valence-corrected chi connectivity index (χ2v) is 6.82. The first-order valence-corrected chi connectivity index (χ1v) is 10.6. The lowest BCUT2D eigenvalue weighted by atomic mass is 10.0. The molecule has 7 heteroatoms. The Morgan fingerprint density at radius 3 is 2.39 bits per heavy atom. The van der Waals surface area contributed by atoms with E-state index in [1.807, 2.05) is 49.4 Å². The van der Waals surface area contributed by atoms with Crippen molar-refractivity contribution in [3.8, 4) is 5.75 Å². The molecule has 0 fully saturated rings. The lowest BCUT2D eigenvalue weighted by molar-refractivity contribution is 0.0964. The van der Waals surface area contributed by atoms with Crippen molar-refractivity contribution in [2.75, 3.05) is 31.5 Å². The zero-order valence-electron chi connectivity index (χ0n) is 18.0. The number of para-hydroxylation sites is 2. The van der Waals surface area contributed by atoms with Crippen molar-refractivity contribution in [2.45, 2.75) is 6.92 Å². The molecule has 0 atom stereocenters. The SMILES string of the molecule is CNC(=O)c1cccc2c(Nc3ccc(N)cc3OC)c3cccc(C)c3nc12.CS. The summed E-state index contributed by atoms with van der Waals surface area (Å²) < 4.78 is 5.50. The molecule has 0 spiro atoms. The predicted molar refractivity (Wildman–Crippen MR) is 133 cm³/mol. The lowest BCUT2D eigenvalue weighted by Gasteiger charge is -2.17. The number of nitrogens with zero attached hydrogens (tertiary/aromatic N) is 1. The van der Waals surface area contributed by atoms with Gasteiger partial charge in [0.05, 0.1) is 35.1 Å². The van der Waals surface area contributed by atoms with Crippen LogP contribution in [0.1, 0.15) is 15.9 Å². The van der Waals surface area contributed by atoms with E-state index in [0.717, 1.165) is 33.2 Å². The van der Waals surface area contributed by atoms with Gasteiger partial charge < -0.3 is 21.1 Å². The van der Waals surface area contributed by atoms with Crippen LogP contribution in [0, 0.1) is 6.92 Å². The number of nitrogen functional groups attached to an aromatic ring is 1. The molecule has 31 heavy (non-hydrogen) atoms. The van der Waals surface area contributed by atoms with Gasteiger partial charge in [-0.1, -0.05) is 30.3 Å². The molecule has 6 nitrogen and oxygen atoms in total. The summed E-state index contributed by atoms with van der Waals surface area (Å²) in [5.74, 6) is 0.463. The van der Waals surface area contributed by atoms with E-state index in [2.05, 4.69) is 23.3 Å². The Balaban J connectivity index is 0.00000132. The molecule has 4 N–H and O–H groups in total. The minimum absolute atomic E-state index is 0.174. The van der Waals surface area contributed by atoms with E-state index < -0.39 is 0 Å². The molecule has 4 rings (SSSR count). The van der Waals surface area contributed by atoms with Crippen LogP contribution in [0.15, 0.2) is 54.6 Å². The van der Waals surface area contributed by atoms with Crippen LogP contribution in [0.25, 0.3) is 21.8 Å². The van der Waals surface area contributed by atoms with E-state index in [4.69, 9.17) is 15.5 Å². The summed E-state index contributed by atoms with van der Waals surface area (Å²) in [6.45, 7) is 2.01. The summed E-state index contributed by atoms with van der Waals surface area (Å²) >= 11 is 3.53. The van der Waals surface area contributed by atoms with Crippen molar-refractivity contribution >= 4 is 57.4 Å². The highest BCUT2D eigenvalue weighted by atomic mass is 32.1. The van der Waals surface area contributed by atoms with Gasteiger partial charge in [0.2, 0.25) is 0 Å². The van der Waals surface area contributed by atoms with E-state index in [1.165, 1.54) is 0 Å².